The number of ether oxygens (including phenoxy) is 3. The number of nitrogens with two attached hydrogens (primary N) is 1. The molecule has 0 saturated carbocycles. The molecule has 0 fully saturated rings. The second kappa shape index (κ2) is 10.1. The Hall–Kier alpha value is -2.64. The molecular formula is C20H22ClN3O7S2. The van der Waals surface area contributed by atoms with E-state index in [1.807, 2.05) is 0 Å². The van der Waals surface area contributed by atoms with Crippen LogP contribution in [-0.2, 0) is 21.3 Å². The summed E-state index contributed by atoms with van der Waals surface area (Å²) in [6.45, 7) is 1.65. The lowest BCUT2D eigenvalue weighted by atomic mass is 9.97. The van der Waals surface area contributed by atoms with Crippen LogP contribution in [0.25, 0.3) is 0 Å². The highest BCUT2D eigenvalue weighted by atomic mass is 35.5. The molecule has 0 spiro atoms. The predicted molar refractivity (Wildman–Crippen MR) is 123 cm³/mol. The molecule has 0 aliphatic carbocycles. The number of hydrogen-bond donors (Lipinski definition) is 2. The third-order valence-electron chi connectivity index (χ3n) is 4.78. The molecule has 1 aromatic carbocycles. The Balaban J connectivity index is 2.03. The number of nitrogens with one attached hydrogen (secondary N) is 1. The van der Waals surface area contributed by atoms with Gasteiger partial charge in [-0.3, -0.25) is 4.79 Å². The number of rotatable bonds is 10. The highest BCUT2D eigenvalue weighted by Gasteiger charge is 2.32. The van der Waals surface area contributed by atoms with Crippen molar-refractivity contribution >= 4 is 44.6 Å². The number of carbonyl (C=O) groups excluding carboxylic acids is 1. The molecule has 1 unspecified atom stereocenters. The van der Waals surface area contributed by atoms with Gasteiger partial charge in [0.2, 0.25) is 5.78 Å². The summed E-state index contributed by atoms with van der Waals surface area (Å²) in [4.78, 5) is 13.2. The van der Waals surface area contributed by atoms with Gasteiger partial charge in [0.1, 0.15) is 21.7 Å². The zero-order chi connectivity index (χ0) is 24.3. The first-order chi connectivity index (χ1) is 15.7. The number of halogens is 1. The molecule has 0 saturated heterocycles. The molecule has 3 aromatic rings. The van der Waals surface area contributed by atoms with E-state index < -0.39 is 21.9 Å². The van der Waals surface area contributed by atoms with Gasteiger partial charge in [-0.05, 0) is 41.6 Å². The van der Waals surface area contributed by atoms with Crippen LogP contribution >= 0.6 is 22.9 Å². The van der Waals surface area contributed by atoms with Crippen molar-refractivity contribution in [1.82, 2.24) is 5.16 Å². The summed E-state index contributed by atoms with van der Waals surface area (Å²) in [6, 6.07) is 4.54. The first-order valence-electron chi connectivity index (χ1n) is 9.42. The molecule has 33 heavy (non-hydrogen) atoms. The third-order valence-corrected chi connectivity index (χ3v) is 7.66. The number of sulfonamides is 1. The van der Waals surface area contributed by atoms with E-state index in [9.17, 15) is 13.2 Å². The highest BCUT2D eigenvalue weighted by Crippen LogP contribution is 2.37. The van der Waals surface area contributed by atoms with E-state index in [4.69, 9.17) is 36.1 Å². The van der Waals surface area contributed by atoms with Gasteiger partial charge in [0.25, 0.3) is 15.9 Å². The van der Waals surface area contributed by atoms with Crippen LogP contribution in [0.15, 0.2) is 33.0 Å². The molecule has 0 aliphatic rings. The number of thiophene rings is 1. The summed E-state index contributed by atoms with van der Waals surface area (Å²) in [7, 11) is 0.0611. The number of carbonyl (C=O) groups is 1. The van der Waals surface area contributed by atoms with E-state index in [1.54, 1.807) is 19.1 Å². The zero-order valence-corrected chi connectivity index (χ0v) is 20.6. The number of methoxy groups -OCH3 is 3. The van der Waals surface area contributed by atoms with E-state index in [1.165, 1.54) is 32.8 Å². The van der Waals surface area contributed by atoms with Gasteiger partial charge < -0.3 is 24.5 Å². The second-order valence-corrected chi connectivity index (χ2v) is 9.67. The van der Waals surface area contributed by atoms with Crippen molar-refractivity contribution < 1.29 is 31.9 Å². The Kier molecular flexibility index (Phi) is 7.65. The van der Waals surface area contributed by atoms with Gasteiger partial charge in [0.15, 0.2) is 11.5 Å². The van der Waals surface area contributed by atoms with Crippen molar-refractivity contribution in [1.29, 1.82) is 0 Å². The average molecular weight is 516 g/mol. The zero-order valence-electron chi connectivity index (χ0n) is 18.2. The van der Waals surface area contributed by atoms with E-state index in [2.05, 4.69) is 9.88 Å². The van der Waals surface area contributed by atoms with Crippen LogP contribution in [-0.4, -0.2) is 40.7 Å². The summed E-state index contributed by atoms with van der Waals surface area (Å²) in [6.07, 6.45) is -1.15. The van der Waals surface area contributed by atoms with Crippen LogP contribution in [0.3, 0.4) is 0 Å². The molecule has 178 valence electrons. The molecule has 0 bridgehead atoms. The van der Waals surface area contributed by atoms with E-state index in [0.29, 0.717) is 28.3 Å². The number of aromatic nitrogens is 1. The summed E-state index contributed by atoms with van der Waals surface area (Å²) >= 11 is 6.98. The number of aryl methyl sites for hydroxylation is 1. The highest BCUT2D eigenvalue weighted by molar-refractivity contribution is 7.93. The van der Waals surface area contributed by atoms with Crippen molar-refractivity contribution in [3.8, 4) is 11.5 Å². The van der Waals surface area contributed by atoms with E-state index in [0.717, 1.165) is 11.3 Å². The van der Waals surface area contributed by atoms with Gasteiger partial charge in [-0.1, -0.05) is 16.8 Å². The van der Waals surface area contributed by atoms with Crippen LogP contribution in [0, 0.1) is 6.92 Å². The normalized spacial score (nSPS) is 12.4. The van der Waals surface area contributed by atoms with Crippen molar-refractivity contribution in [2.75, 3.05) is 26.1 Å². The fourth-order valence-corrected chi connectivity index (χ4v) is 5.70. The van der Waals surface area contributed by atoms with Crippen molar-refractivity contribution in [3.63, 3.8) is 0 Å². The minimum absolute atomic E-state index is 0.0226. The maximum Gasteiger partial charge on any atom is 0.265 e. The molecule has 2 heterocycles. The van der Waals surface area contributed by atoms with E-state index >= 15 is 0 Å². The fraction of sp³-hybridized carbons (Fsp3) is 0.300. The summed E-state index contributed by atoms with van der Waals surface area (Å²) in [5.74, 6) is -0.00981. The number of benzene rings is 1. The minimum atomic E-state index is -4.22. The smallest absolute Gasteiger partial charge is 0.265 e. The largest absolute Gasteiger partial charge is 0.493 e. The Labute approximate surface area is 199 Å². The number of anilines is 1. The standard InChI is InChI=1S/C20H22ClN3O7S2/c1-10-16(21)20(31-23-10)24-33(26,27)15-5-6-32-19(15)17(25)18(30-4)12-8-14(29-3)13(28-2)7-11(12)9-22/h5-8,18,24H,9,22H2,1-4H3. The molecule has 3 N–H and O–H groups in total. The van der Waals surface area contributed by atoms with Gasteiger partial charge in [-0.15, -0.1) is 11.3 Å². The molecule has 3 rings (SSSR count). The quantitative estimate of drug-likeness (QED) is 0.387. The van der Waals surface area contributed by atoms with Crippen molar-refractivity contribution in [2.24, 2.45) is 5.73 Å². The molecular weight excluding hydrogens is 494 g/mol. The number of Topliss-reactive ketones (excluding diaryl/α,β-unsaturated/α-hetero) is 1. The van der Waals surface area contributed by atoms with Gasteiger partial charge in [-0.2, -0.15) is 0 Å². The molecule has 2 aromatic heterocycles. The first kappa shape index (κ1) is 25.0. The lowest BCUT2D eigenvalue weighted by Gasteiger charge is -2.20. The Morgan fingerprint density at radius 3 is 2.48 bits per heavy atom. The summed E-state index contributed by atoms with van der Waals surface area (Å²) in [5, 5.41) is 5.13. The number of hydrogen-bond acceptors (Lipinski definition) is 10. The molecule has 13 heteroatoms. The predicted octanol–water partition coefficient (Wildman–Crippen LogP) is 3.55. The molecule has 0 amide bonds. The molecule has 0 radical (unpaired) electrons. The topological polar surface area (TPSA) is 143 Å². The Morgan fingerprint density at radius 1 is 1.27 bits per heavy atom. The second-order valence-electron chi connectivity index (χ2n) is 6.72. The average Bonchev–Trinajstić information content (AvgIpc) is 3.42. The Morgan fingerprint density at radius 2 is 1.94 bits per heavy atom. The maximum absolute atomic E-state index is 13.5. The molecule has 1 atom stereocenters. The minimum Gasteiger partial charge on any atom is -0.493 e. The lowest BCUT2D eigenvalue weighted by molar-refractivity contribution is 0.0602. The van der Waals surface area contributed by atoms with Crippen molar-refractivity contribution in [2.45, 2.75) is 24.5 Å². The fourth-order valence-electron chi connectivity index (χ4n) is 3.14. The third kappa shape index (κ3) is 4.84. The monoisotopic (exact) mass is 515 g/mol. The van der Waals surface area contributed by atoms with Crippen LogP contribution in [0.5, 0.6) is 11.5 Å². The van der Waals surface area contributed by atoms with Crippen LogP contribution in [0.2, 0.25) is 5.02 Å². The number of nitrogens with zero attached hydrogens (tertiary/aromatic N) is 1. The van der Waals surface area contributed by atoms with Crippen molar-refractivity contribution in [3.05, 3.63) is 50.3 Å². The summed E-state index contributed by atoms with van der Waals surface area (Å²) < 4.78 is 49.3. The van der Waals surface area contributed by atoms with Gasteiger partial charge in [0, 0.05) is 13.7 Å². The Bertz CT molecular complexity index is 1270. The number of ketones is 1. The molecule has 0 aliphatic heterocycles. The first-order valence-corrected chi connectivity index (χ1v) is 12.2. The summed E-state index contributed by atoms with van der Waals surface area (Å²) in [5.41, 5.74) is 7.21. The maximum atomic E-state index is 13.5. The van der Waals surface area contributed by atoms with Gasteiger partial charge >= 0.3 is 0 Å². The van der Waals surface area contributed by atoms with Crippen LogP contribution in [0.4, 0.5) is 5.88 Å². The SMILES string of the molecule is COc1cc(CN)c(C(OC)C(=O)c2sccc2S(=O)(=O)Nc2onc(C)c2Cl)cc1OC. The van der Waals surface area contributed by atoms with Crippen LogP contribution < -0.4 is 19.9 Å². The van der Waals surface area contributed by atoms with Gasteiger partial charge in [-0.25, -0.2) is 13.1 Å². The lowest BCUT2D eigenvalue weighted by Crippen LogP contribution is -2.21. The van der Waals surface area contributed by atoms with Gasteiger partial charge in [0.05, 0.1) is 19.1 Å². The van der Waals surface area contributed by atoms with E-state index in [-0.39, 0.29) is 27.2 Å². The molecule has 10 nitrogen and oxygen atoms in total. The van der Waals surface area contributed by atoms with Crippen LogP contribution in [0.1, 0.15) is 32.6 Å².